The van der Waals surface area contributed by atoms with E-state index in [0.29, 0.717) is 27.7 Å². The number of hydrogen-bond donors (Lipinski definition) is 3. The van der Waals surface area contributed by atoms with Crippen LogP contribution in [-0.2, 0) is 43.8 Å². The van der Waals surface area contributed by atoms with Crippen LogP contribution in [0.2, 0.25) is 0 Å². The summed E-state index contributed by atoms with van der Waals surface area (Å²) in [7, 11) is 0. The monoisotopic (exact) mass is 1130 g/mol. The molecule has 0 spiro atoms. The molecule has 0 bridgehead atoms. The van der Waals surface area contributed by atoms with Crippen molar-refractivity contribution in [2.24, 2.45) is 5.16 Å². The van der Waals surface area contributed by atoms with Crippen LogP contribution in [0, 0.1) is 0 Å². The summed E-state index contributed by atoms with van der Waals surface area (Å²) in [5.41, 5.74) is 4.42. The Bertz CT molecular complexity index is 3380. The van der Waals surface area contributed by atoms with Crippen LogP contribution in [0.5, 0.6) is 0 Å². The van der Waals surface area contributed by atoms with Gasteiger partial charge in [0.1, 0.15) is 28.3 Å². The Labute approximate surface area is 481 Å². The zero-order chi connectivity index (χ0) is 56.0. The number of rotatable bonds is 22. The van der Waals surface area contributed by atoms with Crippen LogP contribution in [-0.4, -0.2) is 75.6 Å². The molecule has 0 aliphatic carbocycles. The number of fused-ring (bicyclic) bond motifs is 1. The van der Waals surface area contributed by atoms with E-state index < -0.39 is 59.5 Å². The summed E-state index contributed by atoms with van der Waals surface area (Å²) < 4.78 is 12.3. The molecule has 17 heteroatoms. The molecule has 0 unspecified atom stereocenters. The SMILES string of the molecule is CCNC(=O)/C=C\SC1=C(C(=O)OC(c2ccccc2)c2ccccc2)N2C(=O)[C@@H](NC(=O)/C(=N\OCC(=O)OC(c3ccccc3)c3ccccc3)c3csc(NC(c4ccccc4)(c4ccccc4)c4ccccc4)n3)[C@H]2SC1. The smallest absolute Gasteiger partial charge is 0.356 e. The van der Waals surface area contributed by atoms with Gasteiger partial charge in [0.15, 0.2) is 23.1 Å². The summed E-state index contributed by atoms with van der Waals surface area (Å²) in [5, 5.41) is 16.4. The molecule has 14 nitrogen and oxygen atoms in total. The summed E-state index contributed by atoms with van der Waals surface area (Å²) in [5.74, 6) is -3.05. The third-order valence-corrected chi connectivity index (χ3v) is 16.4. The second kappa shape index (κ2) is 26.3. The molecular weight excluding hydrogens is 1080 g/mol. The largest absolute Gasteiger partial charge is 0.450 e. The van der Waals surface area contributed by atoms with Crippen molar-refractivity contribution < 1.29 is 38.3 Å². The number of thiazole rings is 1. The number of β-lactam (4-membered cyclic amide) rings is 1. The number of anilines is 1. The lowest BCUT2D eigenvalue weighted by atomic mass is 9.77. The van der Waals surface area contributed by atoms with Crippen LogP contribution < -0.4 is 16.0 Å². The topological polar surface area (TPSA) is 178 Å². The number of thioether (sulfide) groups is 2. The minimum Gasteiger partial charge on any atom is -0.450 e. The third kappa shape index (κ3) is 12.7. The Morgan fingerprint density at radius 2 is 1.16 bits per heavy atom. The first-order valence-electron chi connectivity index (χ1n) is 26.0. The second-order valence-corrected chi connectivity index (χ2v) is 21.4. The van der Waals surface area contributed by atoms with Gasteiger partial charge in [-0.3, -0.25) is 19.3 Å². The van der Waals surface area contributed by atoms with E-state index in [4.69, 9.17) is 19.3 Å². The molecule has 406 valence electrons. The van der Waals surface area contributed by atoms with E-state index in [-0.39, 0.29) is 28.8 Å². The molecule has 2 aliphatic rings. The summed E-state index contributed by atoms with van der Waals surface area (Å²) in [4.78, 5) is 82.9. The maximum absolute atomic E-state index is 14.9. The first-order valence-corrected chi connectivity index (χ1v) is 28.8. The lowest BCUT2D eigenvalue weighted by Gasteiger charge is -2.49. The number of nitrogens with one attached hydrogen (secondary N) is 3. The van der Waals surface area contributed by atoms with E-state index in [2.05, 4.69) is 21.1 Å². The van der Waals surface area contributed by atoms with Gasteiger partial charge in [0.05, 0.1) is 0 Å². The van der Waals surface area contributed by atoms with Gasteiger partial charge in [0.25, 0.3) is 11.8 Å². The summed E-state index contributed by atoms with van der Waals surface area (Å²) >= 11 is 3.68. The van der Waals surface area contributed by atoms with Crippen LogP contribution in [0.4, 0.5) is 5.13 Å². The van der Waals surface area contributed by atoms with E-state index in [1.54, 1.807) is 10.8 Å². The Morgan fingerprint density at radius 3 is 1.64 bits per heavy atom. The molecule has 3 amide bonds. The molecule has 0 saturated carbocycles. The number of aromatic nitrogens is 1. The molecular formula is C64H54N6O8S3. The first kappa shape index (κ1) is 55.3. The van der Waals surface area contributed by atoms with Gasteiger partial charge in [-0.15, -0.1) is 23.1 Å². The average molecular weight is 1130 g/mol. The highest BCUT2D eigenvalue weighted by Crippen LogP contribution is 2.45. The number of carbonyl (C=O) groups excluding carboxylic acids is 5. The van der Waals surface area contributed by atoms with Crippen molar-refractivity contribution in [3.63, 3.8) is 0 Å². The molecule has 2 aliphatic heterocycles. The van der Waals surface area contributed by atoms with E-state index in [0.717, 1.165) is 39.6 Å². The quantitative estimate of drug-likeness (QED) is 0.0146. The number of likely N-dealkylation sites (N-methyl/N-ethyl adjacent to an activating group) is 1. The zero-order valence-electron chi connectivity index (χ0n) is 43.7. The maximum atomic E-state index is 14.9. The second-order valence-electron chi connectivity index (χ2n) is 18.5. The Kier molecular flexibility index (Phi) is 17.9. The standard InChI is InChI=1S/C64H54N6O8S3/c1-2-65-52(71)38-39-79-51-42-80-61-55(60(74)70(61)56(51)62(75)78-58(45-28-14-5-15-29-45)46-30-16-6-17-31-46)67-59(73)54(69-76-40-53(72)77-57(43-24-10-3-11-25-43)44-26-12-4-13-27-44)50-41-81-63(66-50)68-64(47-32-18-7-19-33-47,48-34-20-8-21-35-48)49-36-22-9-23-37-49/h3-39,41,55,57-58,61H,2,40,42H2,1H3,(H,65,71)(H,66,68)(H,67,73)/b39-38-,69-54-/t55-,61-/m1/s1. The van der Waals surface area contributed by atoms with Crippen molar-refractivity contribution in [2.45, 2.75) is 36.1 Å². The molecule has 3 N–H and O–H groups in total. The molecule has 8 aromatic rings. The molecule has 10 rings (SSSR count). The lowest BCUT2D eigenvalue weighted by Crippen LogP contribution is -2.71. The van der Waals surface area contributed by atoms with Gasteiger partial charge in [-0.1, -0.05) is 229 Å². The number of esters is 2. The van der Waals surface area contributed by atoms with Crippen LogP contribution in [0.15, 0.2) is 245 Å². The molecule has 0 radical (unpaired) electrons. The number of hydrogen-bond acceptors (Lipinski definition) is 14. The van der Waals surface area contributed by atoms with E-state index in [1.165, 1.54) is 34.1 Å². The Balaban J connectivity index is 0.961. The van der Waals surface area contributed by atoms with Crippen molar-refractivity contribution in [1.29, 1.82) is 0 Å². The van der Waals surface area contributed by atoms with E-state index >= 15 is 0 Å². The van der Waals surface area contributed by atoms with Crippen molar-refractivity contribution in [3.8, 4) is 0 Å². The normalized spacial score (nSPS) is 15.2. The molecule has 1 saturated heterocycles. The fourth-order valence-corrected chi connectivity index (χ4v) is 12.6. The highest BCUT2D eigenvalue weighted by Gasteiger charge is 2.55. The fourth-order valence-electron chi connectivity index (χ4n) is 9.52. The number of benzene rings is 7. The molecule has 7 aromatic carbocycles. The van der Waals surface area contributed by atoms with Gasteiger partial charge in [0, 0.05) is 28.7 Å². The van der Waals surface area contributed by atoms with Crippen LogP contribution in [0.3, 0.4) is 0 Å². The van der Waals surface area contributed by atoms with Gasteiger partial charge < -0.3 is 30.3 Å². The third-order valence-electron chi connectivity index (χ3n) is 13.3. The summed E-state index contributed by atoms with van der Waals surface area (Å²) in [6.07, 6.45) is -0.244. The highest BCUT2D eigenvalue weighted by molar-refractivity contribution is 8.08. The first-order chi connectivity index (χ1) is 39.7. The fraction of sp³-hybridized carbons (Fsp3) is 0.141. The van der Waals surface area contributed by atoms with E-state index in [1.807, 2.05) is 219 Å². The highest BCUT2D eigenvalue weighted by atomic mass is 32.2. The summed E-state index contributed by atoms with van der Waals surface area (Å²) in [6, 6.07) is 65.8. The zero-order valence-corrected chi connectivity index (χ0v) is 46.2. The number of oxime groups is 1. The van der Waals surface area contributed by atoms with Crippen molar-refractivity contribution in [2.75, 3.05) is 24.2 Å². The van der Waals surface area contributed by atoms with Gasteiger partial charge in [-0.05, 0) is 51.3 Å². The summed E-state index contributed by atoms with van der Waals surface area (Å²) in [6.45, 7) is 1.55. The Morgan fingerprint density at radius 1 is 0.691 bits per heavy atom. The van der Waals surface area contributed by atoms with Crippen molar-refractivity contribution in [1.82, 2.24) is 20.5 Å². The predicted molar refractivity (Wildman–Crippen MR) is 317 cm³/mol. The van der Waals surface area contributed by atoms with Gasteiger partial charge in [-0.25, -0.2) is 14.6 Å². The van der Waals surface area contributed by atoms with Gasteiger partial charge in [0.2, 0.25) is 12.5 Å². The lowest BCUT2D eigenvalue weighted by molar-refractivity contribution is -0.154. The molecule has 3 heterocycles. The minimum atomic E-state index is -1.16. The number of ether oxygens (including phenoxy) is 2. The van der Waals surface area contributed by atoms with Crippen LogP contribution in [0.25, 0.3) is 0 Å². The van der Waals surface area contributed by atoms with Crippen LogP contribution in [0.1, 0.15) is 63.8 Å². The number of carbonyl (C=O) groups is 5. The van der Waals surface area contributed by atoms with Crippen LogP contribution >= 0.6 is 34.9 Å². The van der Waals surface area contributed by atoms with Crippen molar-refractivity contribution >= 4 is 75.4 Å². The maximum Gasteiger partial charge on any atom is 0.356 e. The predicted octanol–water partition coefficient (Wildman–Crippen LogP) is 10.9. The number of nitrogens with zero attached hydrogens (tertiary/aromatic N) is 3. The Hall–Kier alpha value is -9.03. The molecule has 1 fully saturated rings. The molecule has 81 heavy (non-hydrogen) atoms. The van der Waals surface area contributed by atoms with Crippen molar-refractivity contribution in [3.05, 3.63) is 284 Å². The average Bonchev–Trinajstić information content (AvgIpc) is 4.14. The van der Waals surface area contributed by atoms with E-state index in [9.17, 15) is 24.0 Å². The number of amides is 3. The van der Waals surface area contributed by atoms with Gasteiger partial charge in [-0.2, -0.15) is 0 Å². The minimum absolute atomic E-state index is 0.00865. The molecule has 1 aromatic heterocycles. The van der Waals surface area contributed by atoms with Gasteiger partial charge >= 0.3 is 11.9 Å². The molecule has 2 atom stereocenters.